The maximum Gasteiger partial charge on any atom is 0.301 e. The van der Waals surface area contributed by atoms with Crippen molar-refractivity contribution >= 4 is 34.7 Å². The number of nitrogens with zero attached hydrogens (tertiary/aromatic N) is 1. The number of anilines is 1. The molecule has 0 unspecified atom stereocenters. The molecule has 146 valence electrons. The molecule has 2 amide bonds. The van der Waals surface area contributed by atoms with Gasteiger partial charge in [-0.2, -0.15) is 0 Å². The van der Waals surface area contributed by atoms with Crippen LogP contribution in [0.1, 0.15) is 19.4 Å². The van der Waals surface area contributed by atoms with E-state index in [1.807, 2.05) is 13.8 Å². The third kappa shape index (κ3) is 3.68. The number of hydrogen-bond acceptors (Lipinski definition) is 5. The molecule has 0 fully saturated rings. The number of aliphatic hydroxyl groups excluding tert-OH is 1. The molecule has 1 heterocycles. The third-order valence-electron chi connectivity index (χ3n) is 4.18. The van der Waals surface area contributed by atoms with E-state index in [-0.39, 0.29) is 16.3 Å². The molecule has 1 aliphatic rings. The predicted octanol–water partition coefficient (Wildman–Crippen LogP) is 4.23. The topological polar surface area (TPSA) is 76.1 Å². The molecular formula is C21H20ClNO5. The van der Waals surface area contributed by atoms with Gasteiger partial charge in [-0.05, 0) is 41.8 Å². The van der Waals surface area contributed by atoms with E-state index >= 15 is 0 Å². The summed E-state index contributed by atoms with van der Waals surface area (Å²) in [6.07, 6.45) is 0. The van der Waals surface area contributed by atoms with Crippen molar-refractivity contribution in [1.82, 2.24) is 0 Å². The van der Waals surface area contributed by atoms with Crippen molar-refractivity contribution in [2.75, 3.05) is 18.6 Å². The quantitative estimate of drug-likeness (QED) is 0.733. The van der Waals surface area contributed by atoms with Gasteiger partial charge >= 0.3 is 5.91 Å². The van der Waals surface area contributed by atoms with Crippen molar-refractivity contribution in [1.29, 1.82) is 0 Å². The summed E-state index contributed by atoms with van der Waals surface area (Å²) in [5, 5.41) is 10.6. The minimum absolute atomic E-state index is 0.0626. The number of hydrogen-bond donors (Lipinski definition) is 1. The van der Waals surface area contributed by atoms with E-state index in [9.17, 15) is 14.7 Å². The molecule has 0 saturated heterocycles. The van der Waals surface area contributed by atoms with Gasteiger partial charge < -0.3 is 14.6 Å². The van der Waals surface area contributed by atoms with Crippen molar-refractivity contribution < 1.29 is 24.2 Å². The number of benzene rings is 2. The fraction of sp³-hybridized carbons (Fsp3) is 0.238. The smallest absolute Gasteiger partial charge is 0.301 e. The van der Waals surface area contributed by atoms with Gasteiger partial charge in [-0.25, -0.2) is 4.90 Å². The van der Waals surface area contributed by atoms with Crippen molar-refractivity contribution in [3.63, 3.8) is 0 Å². The van der Waals surface area contributed by atoms with Gasteiger partial charge in [-0.3, -0.25) is 9.59 Å². The summed E-state index contributed by atoms with van der Waals surface area (Å²) in [6.45, 7) is 4.65. The summed E-state index contributed by atoms with van der Waals surface area (Å²) in [6, 6.07) is 11.2. The van der Waals surface area contributed by atoms with Crippen LogP contribution in [0, 0.1) is 5.92 Å². The highest BCUT2D eigenvalue weighted by molar-refractivity contribution is 6.45. The fourth-order valence-corrected chi connectivity index (χ4v) is 3.04. The number of carbonyl (C=O) groups is 2. The maximum atomic E-state index is 12.9. The molecule has 1 aliphatic heterocycles. The van der Waals surface area contributed by atoms with Crippen LogP contribution < -0.4 is 14.4 Å². The molecule has 1 N–H and O–H groups in total. The summed E-state index contributed by atoms with van der Waals surface area (Å²) in [7, 11) is 1.47. The molecule has 2 aromatic rings. The van der Waals surface area contributed by atoms with E-state index in [0.29, 0.717) is 29.6 Å². The van der Waals surface area contributed by atoms with Gasteiger partial charge in [0.05, 0.1) is 30.0 Å². The number of rotatable bonds is 6. The monoisotopic (exact) mass is 401 g/mol. The van der Waals surface area contributed by atoms with Gasteiger partial charge in [-0.1, -0.05) is 37.6 Å². The van der Waals surface area contributed by atoms with E-state index in [1.54, 1.807) is 30.3 Å². The van der Waals surface area contributed by atoms with Gasteiger partial charge in [0.15, 0.2) is 5.76 Å². The Bertz CT molecular complexity index is 950. The minimum atomic E-state index is -0.804. The van der Waals surface area contributed by atoms with Gasteiger partial charge in [-0.15, -0.1) is 0 Å². The highest BCUT2D eigenvalue weighted by atomic mass is 35.5. The first-order valence-electron chi connectivity index (χ1n) is 8.72. The maximum absolute atomic E-state index is 12.9. The Morgan fingerprint density at radius 1 is 1.07 bits per heavy atom. The van der Waals surface area contributed by atoms with Crippen LogP contribution in [0.5, 0.6) is 11.5 Å². The molecule has 3 rings (SSSR count). The first-order chi connectivity index (χ1) is 13.3. The second-order valence-corrected chi connectivity index (χ2v) is 7.12. The normalized spacial score (nSPS) is 14.2. The van der Waals surface area contributed by atoms with Crippen LogP contribution in [-0.4, -0.2) is 30.6 Å². The first-order valence-corrected chi connectivity index (χ1v) is 9.10. The number of aliphatic hydroxyl groups is 1. The molecule has 0 atom stereocenters. The first kappa shape index (κ1) is 19.8. The lowest BCUT2D eigenvalue weighted by Gasteiger charge is -2.16. The van der Waals surface area contributed by atoms with Crippen molar-refractivity contribution in [3.8, 4) is 11.5 Å². The van der Waals surface area contributed by atoms with E-state index < -0.39 is 17.6 Å². The highest BCUT2D eigenvalue weighted by Crippen LogP contribution is 2.35. The lowest BCUT2D eigenvalue weighted by atomic mass is 10.1. The van der Waals surface area contributed by atoms with Crippen LogP contribution in [0.15, 0.2) is 48.2 Å². The zero-order valence-corrected chi connectivity index (χ0v) is 16.5. The standard InChI is InChI=1S/C21H20ClNO5/c1-12(2)11-28-15-7-4-13(5-8-15)18-19(24)21(26)23(20(18)25)14-6-9-17(27-3)16(22)10-14/h4-10,12,24H,11H2,1-3H3. The van der Waals surface area contributed by atoms with Crippen molar-refractivity contribution in [2.45, 2.75) is 13.8 Å². The molecular weight excluding hydrogens is 382 g/mol. The minimum Gasteiger partial charge on any atom is -0.502 e. The van der Waals surface area contributed by atoms with Crippen LogP contribution in [-0.2, 0) is 9.59 Å². The third-order valence-corrected chi connectivity index (χ3v) is 4.47. The number of carbonyl (C=O) groups excluding carboxylic acids is 2. The molecule has 0 saturated carbocycles. The van der Waals surface area contributed by atoms with E-state index in [2.05, 4.69) is 0 Å². The van der Waals surface area contributed by atoms with Gasteiger partial charge in [0, 0.05) is 0 Å². The molecule has 0 spiro atoms. The zero-order valence-electron chi connectivity index (χ0n) is 15.7. The predicted molar refractivity (Wildman–Crippen MR) is 107 cm³/mol. The summed E-state index contributed by atoms with van der Waals surface area (Å²) in [5.74, 6) is -0.592. The van der Waals surface area contributed by atoms with E-state index in [4.69, 9.17) is 21.1 Å². The van der Waals surface area contributed by atoms with Gasteiger partial charge in [0.1, 0.15) is 11.5 Å². The average molecular weight is 402 g/mol. The molecule has 0 aliphatic carbocycles. The number of amides is 2. The van der Waals surface area contributed by atoms with Gasteiger partial charge in [0.25, 0.3) is 5.91 Å². The van der Waals surface area contributed by atoms with Crippen molar-refractivity contribution in [3.05, 3.63) is 58.8 Å². The second-order valence-electron chi connectivity index (χ2n) is 6.72. The van der Waals surface area contributed by atoms with Crippen molar-refractivity contribution in [2.24, 2.45) is 5.92 Å². The second kappa shape index (κ2) is 7.94. The summed E-state index contributed by atoms with van der Waals surface area (Å²) in [4.78, 5) is 26.3. The molecule has 0 radical (unpaired) electrons. The molecule has 0 bridgehead atoms. The Morgan fingerprint density at radius 2 is 1.75 bits per heavy atom. The van der Waals surface area contributed by atoms with Crippen LogP contribution in [0.25, 0.3) is 5.57 Å². The molecule has 6 nitrogen and oxygen atoms in total. The molecule has 0 aromatic heterocycles. The number of halogens is 1. The number of imide groups is 1. The van der Waals surface area contributed by atoms with E-state index in [1.165, 1.54) is 19.2 Å². The zero-order chi connectivity index (χ0) is 20.4. The van der Waals surface area contributed by atoms with Crippen LogP contribution in [0.4, 0.5) is 5.69 Å². The number of methoxy groups -OCH3 is 1. The number of ether oxygens (including phenoxy) is 2. The molecule has 28 heavy (non-hydrogen) atoms. The fourth-order valence-electron chi connectivity index (χ4n) is 2.79. The summed E-state index contributed by atoms with van der Waals surface area (Å²) < 4.78 is 10.7. The Kier molecular flexibility index (Phi) is 5.61. The Morgan fingerprint density at radius 3 is 2.32 bits per heavy atom. The Balaban J connectivity index is 1.88. The summed E-state index contributed by atoms with van der Waals surface area (Å²) >= 11 is 6.10. The van der Waals surface area contributed by atoms with Crippen LogP contribution in [0.2, 0.25) is 5.02 Å². The van der Waals surface area contributed by atoms with E-state index in [0.717, 1.165) is 4.90 Å². The van der Waals surface area contributed by atoms with Gasteiger partial charge in [0.2, 0.25) is 0 Å². The van der Waals surface area contributed by atoms with Crippen LogP contribution in [0.3, 0.4) is 0 Å². The largest absolute Gasteiger partial charge is 0.502 e. The van der Waals surface area contributed by atoms with Crippen LogP contribution >= 0.6 is 11.6 Å². The molecule has 7 heteroatoms. The average Bonchev–Trinajstić information content (AvgIpc) is 2.89. The SMILES string of the molecule is COc1ccc(N2C(=O)C(O)=C(c3ccc(OCC(C)C)cc3)C2=O)cc1Cl. The highest BCUT2D eigenvalue weighted by Gasteiger charge is 2.40. The Hall–Kier alpha value is -2.99. The lowest BCUT2D eigenvalue weighted by molar-refractivity contribution is -0.121. The lowest BCUT2D eigenvalue weighted by Crippen LogP contribution is -2.31. The molecule has 2 aromatic carbocycles. The Labute approximate surface area is 167 Å². The summed E-state index contributed by atoms with van der Waals surface area (Å²) in [5.41, 5.74) is 0.612.